The smallest absolute Gasteiger partial charge is 0.407 e. The molecule has 1 N–H and O–H groups in total. The number of rotatable bonds is 7. The summed E-state index contributed by atoms with van der Waals surface area (Å²) in [6.07, 6.45) is 3.82. The number of carbonyl (C=O) groups is 2. The maximum Gasteiger partial charge on any atom is 0.407 e. The first-order chi connectivity index (χ1) is 13.3. The van der Waals surface area contributed by atoms with E-state index in [0.717, 1.165) is 50.1 Å². The summed E-state index contributed by atoms with van der Waals surface area (Å²) in [6.45, 7) is 7.72. The van der Waals surface area contributed by atoms with Gasteiger partial charge in [0.1, 0.15) is 11.4 Å². The van der Waals surface area contributed by atoms with Gasteiger partial charge in [-0.15, -0.1) is 0 Å². The standard InChI is InChI=1S/C22H34N2O4/c1-22(2,3)28-21(26)23-13-12-18-8-6-14-24(16-18)20(25)11-10-17-7-5-9-19(15-17)27-4/h5,7,9,15,18H,6,8,10-14,16H2,1-4H3,(H,23,26)/t18-/m0/s1. The van der Waals surface area contributed by atoms with Gasteiger partial charge in [0.25, 0.3) is 0 Å². The molecule has 1 heterocycles. The van der Waals surface area contributed by atoms with E-state index in [1.807, 2.05) is 49.9 Å². The molecule has 1 aliphatic heterocycles. The second kappa shape index (κ2) is 10.3. The molecule has 0 aliphatic carbocycles. The number of hydrogen-bond acceptors (Lipinski definition) is 4. The first kappa shape index (κ1) is 22.1. The molecule has 156 valence electrons. The fourth-order valence-electron chi connectivity index (χ4n) is 3.46. The van der Waals surface area contributed by atoms with Crippen LogP contribution in [0, 0.1) is 5.92 Å². The number of carbonyl (C=O) groups excluding carboxylic acids is 2. The van der Waals surface area contributed by atoms with Crippen LogP contribution < -0.4 is 10.1 Å². The van der Waals surface area contributed by atoms with Gasteiger partial charge in [-0.05, 0) is 70.1 Å². The molecule has 1 fully saturated rings. The summed E-state index contributed by atoms with van der Waals surface area (Å²) in [6, 6.07) is 7.87. The van der Waals surface area contributed by atoms with E-state index in [0.29, 0.717) is 18.9 Å². The number of methoxy groups -OCH3 is 1. The van der Waals surface area contributed by atoms with Gasteiger partial charge in [0, 0.05) is 26.1 Å². The van der Waals surface area contributed by atoms with Crippen LogP contribution in [0.1, 0.15) is 52.0 Å². The van der Waals surface area contributed by atoms with Gasteiger partial charge >= 0.3 is 6.09 Å². The van der Waals surface area contributed by atoms with E-state index in [1.165, 1.54) is 0 Å². The first-order valence-corrected chi connectivity index (χ1v) is 10.1. The molecular formula is C22H34N2O4. The second-order valence-corrected chi connectivity index (χ2v) is 8.42. The third kappa shape index (κ3) is 7.79. The number of hydrogen-bond donors (Lipinski definition) is 1. The van der Waals surface area contributed by atoms with E-state index < -0.39 is 5.60 Å². The average molecular weight is 391 g/mol. The Morgan fingerprint density at radius 1 is 1.29 bits per heavy atom. The molecule has 0 spiro atoms. The molecular weight excluding hydrogens is 356 g/mol. The van der Waals surface area contributed by atoms with Crippen molar-refractivity contribution in [3.8, 4) is 5.75 Å². The highest BCUT2D eigenvalue weighted by atomic mass is 16.6. The molecule has 0 bridgehead atoms. The lowest BCUT2D eigenvalue weighted by Crippen LogP contribution is -2.41. The largest absolute Gasteiger partial charge is 0.497 e. The van der Waals surface area contributed by atoms with Crippen LogP contribution in [-0.2, 0) is 16.0 Å². The summed E-state index contributed by atoms with van der Waals surface area (Å²) in [5, 5.41) is 2.81. The minimum atomic E-state index is -0.485. The maximum absolute atomic E-state index is 12.6. The number of likely N-dealkylation sites (tertiary alicyclic amines) is 1. The zero-order chi connectivity index (χ0) is 20.6. The Morgan fingerprint density at radius 3 is 2.79 bits per heavy atom. The third-order valence-electron chi connectivity index (χ3n) is 4.85. The number of benzene rings is 1. The molecule has 28 heavy (non-hydrogen) atoms. The quantitative estimate of drug-likeness (QED) is 0.769. The van der Waals surface area contributed by atoms with E-state index in [9.17, 15) is 9.59 Å². The molecule has 0 unspecified atom stereocenters. The summed E-state index contributed by atoms with van der Waals surface area (Å²) >= 11 is 0. The number of aryl methyl sites for hydroxylation is 1. The zero-order valence-corrected chi connectivity index (χ0v) is 17.6. The van der Waals surface area contributed by atoms with Crippen molar-refractivity contribution in [2.24, 2.45) is 5.92 Å². The van der Waals surface area contributed by atoms with Gasteiger partial charge in [-0.2, -0.15) is 0 Å². The molecule has 2 amide bonds. The van der Waals surface area contributed by atoms with Crippen molar-refractivity contribution in [1.29, 1.82) is 0 Å². The fourth-order valence-corrected chi connectivity index (χ4v) is 3.46. The molecule has 0 radical (unpaired) electrons. The van der Waals surface area contributed by atoms with Crippen LogP contribution in [0.4, 0.5) is 4.79 Å². The maximum atomic E-state index is 12.6. The molecule has 1 aliphatic rings. The van der Waals surface area contributed by atoms with E-state index in [-0.39, 0.29) is 12.0 Å². The van der Waals surface area contributed by atoms with E-state index in [2.05, 4.69) is 5.32 Å². The highest BCUT2D eigenvalue weighted by Gasteiger charge is 2.23. The predicted molar refractivity (Wildman–Crippen MR) is 109 cm³/mol. The SMILES string of the molecule is COc1cccc(CCC(=O)N2CCC[C@@H](CCNC(=O)OC(C)(C)C)C2)c1. The number of nitrogens with zero attached hydrogens (tertiary/aromatic N) is 1. The number of alkyl carbamates (subject to hydrolysis) is 1. The van der Waals surface area contributed by atoms with Gasteiger partial charge in [-0.1, -0.05) is 12.1 Å². The molecule has 1 aromatic carbocycles. The predicted octanol–water partition coefficient (Wildman–Crippen LogP) is 3.78. The zero-order valence-electron chi connectivity index (χ0n) is 17.6. The monoisotopic (exact) mass is 390 g/mol. The van der Waals surface area contributed by atoms with Crippen LogP contribution in [0.15, 0.2) is 24.3 Å². The minimum Gasteiger partial charge on any atom is -0.497 e. The van der Waals surface area contributed by atoms with Gasteiger partial charge in [0.05, 0.1) is 7.11 Å². The molecule has 1 atom stereocenters. The van der Waals surface area contributed by atoms with Gasteiger partial charge < -0.3 is 19.7 Å². The lowest BCUT2D eigenvalue weighted by Gasteiger charge is -2.33. The van der Waals surface area contributed by atoms with Gasteiger partial charge in [0.2, 0.25) is 5.91 Å². The van der Waals surface area contributed by atoms with Gasteiger partial charge in [-0.25, -0.2) is 4.79 Å². The summed E-state index contributed by atoms with van der Waals surface area (Å²) < 4.78 is 10.5. The van der Waals surface area contributed by atoms with Crippen LogP contribution in [-0.4, -0.2) is 49.2 Å². The van der Waals surface area contributed by atoms with E-state index >= 15 is 0 Å². The fraction of sp³-hybridized carbons (Fsp3) is 0.636. The Morgan fingerprint density at radius 2 is 2.07 bits per heavy atom. The third-order valence-corrected chi connectivity index (χ3v) is 4.85. The molecule has 1 saturated heterocycles. The van der Waals surface area contributed by atoms with Gasteiger partial charge in [-0.3, -0.25) is 4.79 Å². The highest BCUT2D eigenvalue weighted by Crippen LogP contribution is 2.21. The topological polar surface area (TPSA) is 67.9 Å². The van der Waals surface area contributed by atoms with Crippen molar-refractivity contribution < 1.29 is 19.1 Å². The number of nitrogens with one attached hydrogen (secondary N) is 1. The number of ether oxygens (including phenoxy) is 2. The van der Waals surface area contributed by atoms with E-state index in [1.54, 1.807) is 7.11 Å². The average Bonchev–Trinajstić information content (AvgIpc) is 2.65. The minimum absolute atomic E-state index is 0.202. The number of amides is 2. The van der Waals surface area contributed by atoms with Crippen molar-refractivity contribution in [3.63, 3.8) is 0 Å². The summed E-state index contributed by atoms with van der Waals surface area (Å²) in [7, 11) is 1.65. The van der Waals surface area contributed by atoms with Crippen molar-refractivity contribution in [3.05, 3.63) is 29.8 Å². The van der Waals surface area contributed by atoms with Crippen LogP contribution in [0.5, 0.6) is 5.75 Å². The normalized spacial score (nSPS) is 17.1. The number of piperidine rings is 1. The Hall–Kier alpha value is -2.24. The van der Waals surface area contributed by atoms with Crippen LogP contribution in [0.2, 0.25) is 0 Å². The first-order valence-electron chi connectivity index (χ1n) is 10.1. The van der Waals surface area contributed by atoms with Crippen molar-refractivity contribution >= 4 is 12.0 Å². The van der Waals surface area contributed by atoms with Crippen LogP contribution >= 0.6 is 0 Å². The molecule has 0 aromatic heterocycles. The molecule has 0 saturated carbocycles. The molecule has 1 aromatic rings. The molecule has 6 nitrogen and oxygen atoms in total. The lowest BCUT2D eigenvalue weighted by atomic mass is 9.94. The Kier molecular flexibility index (Phi) is 8.15. The van der Waals surface area contributed by atoms with Crippen molar-refractivity contribution in [2.75, 3.05) is 26.7 Å². The van der Waals surface area contributed by atoms with Crippen LogP contribution in [0.25, 0.3) is 0 Å². The summed E-state index contributed by atoms with van der Waals surface area (Å²) in [5.41, 5.74) is 0.629. The van der Waals surface area contributed by atoms with E-state index in [4.69, 9.17) is 9.47 Å². The highest BCUT2D eigenvalue weighted by molar-refractivity contribution is 5.76. The van der Waals surface area contributed by atoms with Crippen LogP contribution in [0.3, 0.4) is 0 Å². The second-order valence-electron chi connectivity index (χ2n) is 8.42. The van der Waals surface area contributed by atoms with Crippen molar-refractivity contribution in [1.82, 2.24) is 10.2 Å². The molecule has 6 heteroatoms. The summed E-state index contributed by atoms with van der Waals surface area (Å²) in [4.78, 5) is 26.3. The Labute approximate surface area is 168 Å². The lowest BCUT2D eigenvalue weighted by molar-refractivity contribution is -0.133. The van der Waals surface area contributed by atoms with Gasteiger partial charge in [0.15, 0.2) is 0 Å². The molecule has 2 rings (SSSR count). The summed E-state index contributed by atoms with van der Waals surface area (Å²) in [5.74, 6) is 1.44. The van der Waals surface area contributed by atoms with Crippen molar-refractivity contribution in [2.45, 2.75) is 58.5 Å². The Balaban J connectivity index is 1.72. The Bertz CT molecular complexity index is 654.